The number of thiophene rings is 1. The molecule has 4 aromatic rings. The first kappa shape index (κ1) is 24.0. The first-order valence-electron chi connectivity index (χ1n) is 12.5. The summed E-state index contributed by atoms with van der Waals surface area (Å²) in [6.45, 7) is 7.90. The standard InChI is InChI=1S/C27H32N4O2S2/c1-2-3-4-12-31(27(32)33)26-28-22-9-8-20(19-25(22)35-26)10-13-29-14-16-30(17-15-29)23-6-5-7-24-21(23)11-18-34-24/h5-9,11,18-19H,2-4,10,12-17H2,1H3,(H,32,33). The lowest BCUT2D eigenvalue weighted by atomic mass is 10.1. The molecule has 0 unspecified atom stereocenters. The van der Waals surface area contributed by atoms with E-state index in [0.717, 1.165) is 68.6 Å². The third-order valence-electron chi connectivity index (χ3n) is 6.79. The van der Waals surface area contributed by atoms with Crippen molar-refractivity contribution in [3.63, 3.8) is 0 Å². The molecule has 1 aliphatic heterocycles. The van der Waals surface area contributed by atoms with Crippen molar-refractivity contribution in [3.05, 3.63) is 53.4 Å². The summed E-state index contributed by atoms with van der Waals surface area (Å²) in [7, 11) is 0. The van der Waals surface area contributed by atoms with Gasteiger partial charge in [0.15, 0.2) is 5.13 Å². The molecule has 2 aromatic heterocycles. The van der Waals surface area contributed by atoms with E-state index >= 15 is 0 Å². The third kappa shape index (κ3) is 5.44. The van der Waals surface area contributed by atoms with Crippen LogP contribution in [-0.2, 0) is 6.42 Å². The fourth-order valence-electron chi connectivity index (χ4n) is 4.77. The number of carbonyl (C=O) groups is 1. The SMILES string of the molecule is CCCCCN(C(=O)O)c1nc2ccc(CCN3CCN(c4cccc5sccc45)CC3)cc2s1. The van der Waals surface area contributed by atoms with Gasteiger partial charge in [0.05, 0.1) is 10.2 Å². The van der Waals surface area contributed by atoms with Gasteiger partial charge in [0.25, 0.3) is 0 Å². The first-order chi connectivity index (χ1) is 17.1. The first-order valence-corrected chi connectivity index (χ1v) is 14.2. The van der Waals surface area contributed by atoms with Crippen LogP contribution in [0.4, 0.5) is 15.6 Å². The molecule has 0 aliphatic carbocycles. The smallest absolute Gasteiger partial charge is 0.413 e. The topological polar surface area (TPSA) is 59.9 Å². The van der Waals surface area contributed by atoms with Crippen LogP contribution >= 0.6 is 22.7 Å². The Bertz CT molecular complexity index is 1290. The molecule has 0 atom stereocenters. The number of hydrogen-bond donors (Lipinski definition) is 1. The fraction of sp³-hybridized carbons (Fsp3) is 0.407. The minimum absolute atomic E-state index is 0.503. The molecule has 184 valence electrons. The van der Waals surface area contributed by atoms with Crippen molar-refractivity contribution in [1.82, 2.24) is 9.88 Å². The number of anilines is 2. The van der Waals surface area contributed by atoms with E-state index in [9.17, 15) is 9.90 Å². The van der Waals surface area contributed by atoms with E-state index in [1.165, 1.54) is 37.6 Å². The Labute approximate surface area is 214 Å². The average Bonchev–Trinajstić information content (AvgIpc) is 3.52. The maximum atomic E-state index is 11.8. The molecule has 1 saturated heterocycles. The van der Waals surface area contributed by atoms with Gasteiger partial charge in [0, 0.05) is 55.0 Å². The lowest BCUT2D eigenvalue weighted by Gasteiger charge is -2.36. The zero-order chi connectivity index (χ0) is 24.2. The normalized spacial score (nSPS) is 14.7. The van der Waals surface area contributed by atoms with Crippen molar-refractivity contribution in [3.8, 4) is 0 Å². The number of rotatable bonds is 9. The minimum atomic E-state index is -0.922. The molecule has 5 rings (SSSR count). The molecule has 0 spiro atoms. The second-order valence-corrected chi connectivity index (χ2v) is 11.1. The lowest BCUT2D eigenvalue weighted by molar-refractivity contribution is 0.201. The molecule has 6 nitrogen and oxygen atoms in total. The van der Waals surface area contributed by atoms with E-state index in [-0.39, 0.29) is 0 Å². The second-order valence-electron chi connectivity index (χ2n) is 9.13. The highest BCUT2D eigenvalue weighted by atomic mass is 32.1. The van der Waals surface area contributed by atoms with Gasteiger partial charge in [-0.2, -0.15) is 0 Å². The minimum Gasteiger partial charge on any atom is -0.465 e. The summed E-state index contributed by atoms with van der Waals surface area (Å²) in [5.74, 6) is 0. The number of aromatic nitrogens is 1. The van der Waals surface area contributed by atoms with Crippen molar-refractivity contribution < 1.29 is 9.90 Å². The van der Waals surface area contributed by atoms with Crippen LogP contribution in [0, 0.1) is 0 Å². The molecule has 0 bridgehead atoms. The quantitative estimate of drug-likeness (QED) is 0.260. The Hall–Kier alpha value is -2.68. The van der Waals surface area contributed by atoms with Crippen molar-refractivity contribution in [2.75, 3.05) is 49.1 Å². The van der Waals surface area contributed by atoms with E-state index in [2.05, 4.69) is 63.5 Å². The van der Waals surface area contributed by atoms with E-state index < -0.39 is 6.09 Å². The predicted molar refractivity (Wildman–Crippen MR) is 149 cm³/mol. The zero-order valence-corrected chi connectivity index (χ0v) is 21.8. The number of unbranched alkanes of at least 4 members (excludes halogenated alkanes) is 2. The summed E-state index contributed by atoms with van der Waals surface area (Å²) < 4.78 is 2.42. The van der Waals surface area contributed by atoms with Gasteiger partial charge in [-0.15, -0.1) is 11.3 Å². The number of benzene rings is 2. The molecule has 0 radical (unpaired) electrons. The molecular weight excluding hydrogens is 476 g/mol. The Morgan fingerprint density at radius 3 is 2.74 bits per heavy atom. The van der Waals surface area contributed by atoms with E-state index in [4.69, 9.17) is 0 Å². The largest absolute Gasteiger partial charge is 0.465 e. The average molecular weight is 509 g/mol. The summed E-state index contributed by atoms with van der Waals surface area (Å²) in [5.41, 5.74) is 3.53. The van der Waals surface area contributed by atoms with Crippen LogP contribution in [0.15, 0.2) is 47.8 Å². The monoisotopic (exact) mass is 508 g/mol. The van der Waals surface area contributed by atoms with Gasteiger partial charge in [-0.3, -0.25) is 9.80 Å². The number of piperazine rings is 1. The Kier molecular flexibility index (Phi) is 7.51. The van der Waals surface area contributed by atoms with Crippen LogP contribution in [0.2, 0.25) is 0 Å². The van der Waals surface area contributed by atoms with Crippen LogP contribution in [0.5, 0.6) is 0 Å². The molecular formula is C27H32N4O2S2. The van der Waals surface area contributed by atoms with Crippen LogP contribution < -0.4 is 9.80 Å². The van der Waals surface area contributed by atoms with Gasteiger partial charge in [-0.1, -0.05) is 43.2 Å². The molecule has 1 N–H and O–H groups in total. The second kappa shape index (κ2) is 10.9. The molecule has 1 fully saturated rings. The summed E-state index contributed by atoms with van der Waals surface area (Å²) in [6.07, 6.45) is 3.02. The van der Waals surface area contributed by atoms with E-state index in [0.29, 0.717) is 11.7 Å². The summed E-state index contributed by atoms with van der Waals surface area (Å²) in [5, 5.41) is 13.8. The van der Waals surface area contributed by atoms with Gasteiger partial charge >= 0.3 is 6.09 Å². The number of carboxylic acid groups (broad SMARTS) is 1. The third-order valence-corrected chi connectivity index (χ3v) is 8.71. The van der Waals surface area contributed by atoms with Crippen molar-refractivity contribution in [1.29, 1.82) is 0 Å². The molecule has 0 saturated carbocycles. The predicted octanol–water partition coefficient (Wildman–Crippen LogP) is 6.55. The maximum Gasteiger partial charge on any atom is 0.413 e. The number of fused-ring (bicyclic) bond motifs is 2. The number of thiazole rings is 1. The Morgan fingerprint density at radius 1 is 1.09 bits per heavy atom. The molecule has 1 aliphatic rings. The van der Waals surface area contributed by atoms with Gasteiger partial charge in [0.1, 0.15) is 0 Å². The maximum absolute atomic E-state index is 11.8. The highest BCUT2D eigenvalue weighted by molar-refractivity contribution is 7.22. The van der Waals surface area contributed by atoms with Crippen LogP contribution in [0.25, 0.3) is 20.3 Å². The zero-order valence-electron chi connectivity index (χ0n) is 20.2. The van der Waals surface area contributed by atoms with Crippen molar-refractivity contribution in [2.24, 2.45) is 0 Å². The highest BCUT2D eigenvalue weighted by Gasteiger charge is 2.20. The summed E-state index contributed by atoms with van der Waals surface area (Å²) in [4.78, 5) is 22.8. The van der Waals surface area contributed by atoms with Gasteiger partial charge in [-0.25, -0.2) is 9.78 Å². The number of nitrogens with zero attached hydrogens (tertiary/aromatic N) is 4. The van der Waals surface area contributed by atoms with Crippen molar-refractivity contribution in [2.45, 2.75) is 32.6 Å². The fourth-order valence-corrected chi connectivity index (χ4v) is 6.63. The van der Waals surface area contributed by atoms with Crippen LogP contribution in [-0.4, -0.2) is 60.4 Å². The van der Waals surface area contributed by atoms with E-state index in [1.807, 2.05) is 17.4 Å². The van der Waals surface area contributed by atoms with Crippen LogP contribution in [0.1, 0.15) is 31.7 Å². The van der Waals surface area contributed by atoms with Gasteiger partial charge in [-0.05, 0) is 54.1 Å². The Balaban J connectivity index is 1.18. The lowest BCUT2D eigenvalue weighted by Crippen LogP contribution is -2.47. The summed E-state index contributed by atoms with van der Waals surface area (Å²) in [6, 6.07) is 15.2. The van der Waals surface area contributed by atoms with E-state index in [1.54, 1.807) is 0 Å². The van der Waals surface area contributed by atoms with Gasteiger partial charge in [0.2, 0.25) is 0 Å². The Morgan fingerprint density at radius 2 is 1.94 bits per heavy atom. The number of hydrogen-bond acceptors (Lipinski definition) is 6. The van der Waals surface area contributed by atoms with Crippen molar-refractivity contribution >= 4 is 59.9 Å². The molecule has 8 heteroatoms. The molecule has 1 amide bonds. The molecule has 2 aromatic carbocycles. The highest BCUT2D eigenvalue weighted by Crippen LogP contribution is 2.32. The number of amides is 1. The van der Waals surface area contributed by atoms with Gasteiger partial charge < -0.3 is 10.0 Å². The molecule has 35 heavy (non-hydrogen) atoms. The summed E-state index contributed by atoms with van der Waals surface area (Å²) >= 11 is 3.29. The molecule has 3 heterocycles. The van der Waals surface area contributed by atoms with Crippen LogP contribution in [0.3, 0.4) is 0 Å².